The van der Waals surface area contributed by atoms with Gasteiger partial charge < -0.3 is 4.74 Å². The highest BCUT2D eigenvalue weighted by Gasteiger charge is 2.09. The molecule has 0 aromatic heterocycles. The number of rotatable bonds is 3. The zero-order valence-electron chi connectivity index (χ0n) is 8.02. The van der Waals surface area contributed by atoms with E-state index in [0.717, 1.165) is 15.6 Å². The third kappa shape index (κ3) is 3.37. The Morgan fingerprint density at radius 1 is 1.53 bits per heavy atom. The molecular formula is C10H9BrCl2O2. The van der Waals surface area contributed by atoms with E-state index in [1.54, 1.807) is 6.07 Å². The van der Waals surface area contributed by atoms with Crippen LogP contribution in [0.1, 0.15) is 11.1 Å². The smallest absolute Gasteiger partial charge is 0.309 e. The fourth-order valence-electron chi connectivity index (χ4n) is 1.12. The molecule has 0 spiro atoms. The van der Waals surface area contributed by atoms with Gasteiger partial charge in [-0.3, -0.25) is 4.79 Å². The summed E-state index contributed by atoms with van der Waals surface area (Å²) in [7, 11) is 1.35. The number of alkyl halides is 1. The molecule has 0 aliphatic heterocycles. The van der Waals surface area contributed by atoms with Gasteiger partial charge in [-0.05, 0) is 23.3 Å². The van der Waals surface area contributed by atoms with Crippen LogP contribution in [-0.2, 0) is 21.8 Å². The van der Waals surface area contributed by atoms with Crippen molar-refractivity contribution in [3.8, 4) is 0 Å². The molecule has 5 heteroatoms. The minimum atomic E-state index is -0.295. The molecule has 1 rings (SSSR count). The van der Waals surface area contributed by atoms with E-state index < -0.39 is 0 Å². The highest BCUT2D eigenvalue weighted by atomic mass is 79.9. The van der Waals surface area contributed by atoms with Crippen LogP contribution in [0.3, 0.4) is 0 Å². The molecule has 82 valence electrons. The van der Waals surface area contributed by atoms with Crippen molar-refractivity contribution < 1.29 is 9.53 Å². The summed E-state index contributed by atoms with van der Waals surface area (Å²) in [6.07, 6.45) is 0.206. The van der Waals surface area contributed by atoms with Gasteiger partial charge in [-0.1, -0.05) is 27.5 Å². The van der Waals surface area contributed by atoms with Gasteiger partial charge in [-0.2, -0.15) is 0 Å². The lowest BCUT2D eigenvalue weighted by Crippen LogP contribution is -2.04. The monoisotopic (exact) mass is 310 g/mol. The SMILES string of the molecule is COC(=O)Cc1cc(Cl)c(CCl)c(Br)c1. The second kappa shape index (κ2) is 5.73. The quantitative estimate of drug-likeness (QED) is 0.630. The molecule has 0 atom stereocenters. The molecule has 0 N–H and O–H groups in total. The first-order valence-electron chi connectivity index (χ1n) is 4.18. The van der Waals surface area contributed by atoms with Gasteiger partial charge >= 0.3 is 5.97 Å². The van der Waals surface area contributed by atoms with Crippen molar-refractivity contribution in [3.05, 3.63) is 32.8 Å². The third-order valence-corrected chi connectivity index (χ3v) is 3.22. The fraction of sp³-hybridized carbons (Fsp3) is 0.300. The first-order valence-corrected chi connectivity index (χ1v) is 5.88. The van der Waals surface area contributed by atoms with Gasteiger partial charge in [0.05, 0.1) is 13.5 Å². The maximum atomic E-state index is 11.1. The van der Waals surface area contributed by atoms with Crippen LogP contribution in [0.4, 0.5) is 0 Å². The number of halogens is 3. The van der Waals surface area contributed by atoms with E-state index in [0.29, 0.717) is 10.9 Å². The van der Waals surface area contributed by atoms with Crippen molar-refractivity contribution in [3.63, 3.8) is 0 Å². The first-order chi connectivity index (χ1) is 7.08. The second-order valence-electron chi connectivity index (χ2n) is 2.92. The molecule has 1 aromatic rings. The molecule has 0 aliphatic carbocycles. The zero-order valence-corrected chi connectivity index (χ0v) is 11.1. The summed E-state index contributed by atoms with van der Waals surface area (Å²) >= 11 is 15.1. The fourth-order valence-corrected chi connectivity index (χ4v) is 2.71. The summed E-state index contributed by atoms with van der Waals surface area (Å²) in [5.41, 5.74) is 1.62. The molecule has 15 heavy (non-hydrogen) atoms. The van der Waals surface area contributed by atoms with Gasteiger partial charge in [0.25, 0.3) is 0 Å². The average molecular weight is 312 g/mol. The number of hydrogen-bond acceptors (Lipinski definition) is 2. The minimum Gasteiger partial charge on any atom is -0.469 e. The largest absolute Gasteiger partial charge is 0.469 e. The van der Waals surface area contributed by atoms with Gasteiger partial charge in [-0.15, -0.1) is 11.6 Å². The summed E-state index contributed by atoms with van der Waals surface area (Å²) in [6, 6.07) is 3.54. The van der Waals surface area contributed by atoms with Crippen molar-refractivity contribution in [2.45, 2.75) is 12.3 Å². The van der Waals surface area contributed by atoms with Crippen LogP contribution in [0, 0.1) is 0 Å². The molecule has 0 bridgehead atoms. The Labute approximate surface area is 107 Å². The van der Waals surface area contributed by atoms with Crippen molar-refractivity contribution >= 4 is 45.1 Å². The lowest BCUT2D eigenvalue weighted by molar-refractivity contribution is -0.139. The molecule has 0 saturated heterocycles. The number of methoxy groups -OCH3 is 1. The number of ether oxygens (including phenoxy) is 1. The number of carbonyl (C=O) groups excluding carboxylic acids is 1. The Morgan fingerprint density at radius 2 is 2.20 bits per heavy atom. The van der Waals surface area contributed by atoms with E-state index >= 15 is 0 Å². The van der Waals surface area contributed by atoms with Crippen LogP contribution >= 0.6 is 39.1 Å². The molecule has 0 radical (unpaired) electrons. The van der Waals surface area contributed by atoms with E-state index in [9.17, 15) is 4.79 Å². The Morgan fingerprint density at radius 3 is 2.67 bits per heavy atom. The summed E-state index contributed by atoms with van der Waals surface area (Å²) < 4.78 is 5.38. The van der Waals surface area contributed by atoms with Gasteiger partial charge in [0.1, 0.15) is 0 Å². The lowest BCUT2D eigenvalue weighted by Gasteiger charge is -2.07. The van der Waals surface area contributed by atoms with Crippen molar-refractivity contribution in [1.29, 1.82) is 0 Å². The van der Waals surface area contributed by atoms with Crippen LogP contribution < -0.4 is 0 Å². The highest BCUT2D eigenvalue weighted by Crippen LogP contribution is 2.28. The van der Waals surface area contributed by atoms with E-state index in [1.807, 2.05) is 6.07 Å². The molecule has 0 amide bonds. The minimum absolute atomic E-state index is 0.206. The first kappa shape index (κ1) is 12.8. The molecule has 2 nitrogen and oxygen atoms in total. The van der Waals surface area contributed by atoms with Crippen molar-refractivity contribution in [1.82, 2.24) is 0 Å². The van der Waals surface area contributed by atoms with Crippen LogP contribution in [-0.4, -0.2) is 13.1 Å². The van der Waals surface area contributed by atoms with Gasteiger partial charge in [0.15, 0.2) is 0 Å². The molecule has 0 aliphatic rings. The molecular weight excluding hydrogens is 303 g/mol. The van der Waals surface area contributed by atoms with E-state index in [2.05, 4.69) is 20.7 Å². The van der Waals surface area contributed by atoms with E-state index in [-0.39, 0.29) is 12.4 Å². The zero-order chi connectivity index (χ0) is 11.4. The molecule has 0 unspecified atom stereocenters. The lowest BCUT2D eigenvalue weighted by atomic mass is 10.1. The van der Waals surface area contributed by atoms with Crippen LogP contribution in [0.15, 0.2) is 16.6 Å². The molecule has 1 aromatic carbocycles. The van der Waals surface area contributed by atoms with Gasteiger partial charge in [0, 0.05) is 15.4 Å². The van der Waals surface area contributed by atoms with E-state index in [1.165, 1.54) is 7.11 Å². The summed E-state index contributed by atoms with van der Waals surface area (Å²) in [5.74, 6) is 0.0364. The maximum Gasteiger partial charge on any atom is 0.309 e. The van der Waals surface area contributed by atoms with Crippen LogP contribution in [0.25, 0.3) is 0 Å². The van der Waals surface area contributed by atoms with Gasteiger partial charge in [-0.25, -0.2) is 0 Å². The van der Waals surface area contributed by atoms with Crippen molar-refractivity contribution in [2.75, 3.05) is 7.11 Å². The number of benzene rings is 1. The summed E-state index contributed by atoms with van der Waals surface area (Å²) in [6.45, 7) is 0. The Kier molecular flexibility index (Phi) is 4.90. The predicted molar refractivity (Wildman–Crippen MR) is 64.4 cm³/mol. The third-order valence-electron chi connectivity index (χ3n) is 1.91. The average Bonchev–Trinajstić information content (AvgIpc) is 2.17. The summed E-state index contributed by atoms with van der Waals surface area (Å²) in [4.78, 5) is 11.1. The topological polar surface area (TPSA) is 26.3 Å². The Hall–Kier alpha value is -0.250. The molecule has 0 heterocycles. The van der Waals surface area contributed by atoms with Gasteiger partial charge in [0.2, 0.25) is 0 Å². The standard InChI is InChI=1S/C10H9BrCl2O2/c1-15-10(14)4-6-2-8(11)7(5-12)9(13)3-6/h2-3H,4-5H2,1H3. The Bertz CT molecular complexity index is 357. The predicted octanol–water partition coefficient (Wildman–Crippen LogP) is 3.56. The Balaban J connectivity index is 2.98. The van der Waals surface area contributed by atoms with Crippen LogP contribution in [0.2, 0.25) is 5.02 Å². The number of carbonyl (C=O) groups is 1. The normalized spacial score (nSPS) is 10.1. The molecule has 0 saturated carbocycles. The maximum absolute atomic E-state index is 11.1. The van der Waals surface area contributed by atoms with Crippen molar-refractivity contribution in [2.24, 2.45) is 0 Å². The van der Waals surface area contributed by atoms with E-state index in [4.69, 9.17) is 23.2 Å². The summed E-state index contributed by atoms with van der Waals surface area (Å²) in [5, 5.41) is 0.554. The highest BCUT2D eigenvalue weighted by molar-refractivity contribution is 9.10. The number of hydrogen-bond donors (Lipinski definition) is 0. The number of esters is 1. The second-order valence-corrected chi connectivity index (χ2v) is 4.45. The van der Waals surface area contributed by atoms with Crippen LogP contribution in [0.5, 0.6) is 0 Å². The molecule has 0 fully saturated rings.